The van der Waals surface area contributed by atoms with Crippen LogP contribution in [0.4, 0.5) is 10.2 Å². The SMILES string of the molecule is CC[C@H]1O[C@@H](n2cnc3c(NC(=O)c4ccccc4)ncnc32)[C@H](F)[C@@H]1O. The van der Waals surface area contributed by atoms with Crippen molar-refractivity contribution < 1.29 is 19.0 Å². The van der Waals surface area contributed by atoms with Crippen LogP contribution >= 0.6 is 0 Å². The van der Waals surface area contributed by atoms with Gasteiger partial charge in [-0.1, -0.05) is 25.1 Å². The van der Waals surface area contributed by atoms with Crippen LogP contribution < -0.4 is 5.32 Å². The van der Waals surface area contributed by atoms with Gasteiger partial charge in [-0.15, -0.1) is 0 Å². The lowest BCUT2D eigenvalue weighted by atomic mass is 10.1. The molecule has 1 fully saturated rings. The summed E-state index contributed by atoms with van der Waals surface area (Å²) in [6.45, 7) is 1.81. The first-order valence-electron chi connectivity index (χ1n) is 8.61. The first-order valence-corrected chi connectivity index (χ1v) is 8.61. The molecule has 0 bridgehead atoms. The number of carbonyl (C=O) groups excluding carboxylic acids is 1. The van der Waals surface area contributed by atoms with E-state index in [0.29, 0.717) is 23.1 Å². The largest absolute Gasteiger partial charge is 0.387 e. The fourth-order valence-electron chi connectivity index (χ4n) is 3.16. The van der Waals surface area contributed by atoms with Crippen LogP contribution in [-0.2, 0) is 4.74 Å². The molecule has 2 aromatic heterocycles. The molecular formula is C18H18FN5O3. The zero-order chi connectivity index (χ0) is 19.0. The highest BCUT2D eigenvalue weighted by Gasteiger charge is 2.44. The standard InChI is InChI=1S/C18H18FN5O3/c1-2-11-14(25)12(19)18(27-11)24-9-22-13-15(20-8-21-16(13)24)23-17(26)10-6-4-3-5-7-10/h3-9,11-12,14,18,25H,2H2,1H3,(H,20,21,23,26)/t11-,12-,14-,18-/m1/s1. The van der Waals surface area contributed by atoms with Gasteiger partial charge in [0.1, 0.15) is 12.4 Å². The third kappa shape index (κ3) is 3.04. The van der Waals surface area contributed by atoms with E-state index < -0.39 is 24.6 Å². The molecule has 1 aliphatic heterocycles. The molecular weight excluding hydrogens is 353 g/mol. The van der Waals surface area contributed by atoms with Crippen LogP contribution in [0.3, 0.4) is 0 Å². The Morgan fingerprint density at radius 1 is 1.30 bits per heavy atom. The van der Waals surface area contributed by atoms with Gasteiger partial charge in [0.15, 0.2) is 29.4 Å². The van der Waals surface area contributed by atoms with Gasteiger partial charge in [0.2, 0.25) is 0 Å². The second-order valence-electron chi connectivity index (χ2n) is 6.27. The molecule has 4 rings (SSSR count). The number of benzene rings is 1. The Kier molecular flexibility index (Phi) is 4.54. The molecule has 1 aromatic carbocycles. The fourth-order valence-corrected chi connectivity index (χ4v) is 3.16. The molecule has 1 saturated heterocycles. The molecule has 8 nitrogen and oxygen atoms in total. The number of imidazole rings is 1. The zero-order valence-corrected chi connectivity index (χ0v) is 14.5. The number of nitrogens with one attached hydrogen (secondary N) is 1. The second kappa shape index (κ2) is 7.01. The number of nitrogens with zero attached hydrogens (tertiary/aromatic N) is 4. The Bertz CT molecular complexity index is 964. The number of halogens is 1. The van der Waals surface area contributed by atoms with Crippen LogP contribution in [0.1, 0.15) is 29.9 Å². The molecule has 0 aliphatic carbocycles. The fraction of sp³-hybridized carbons (Fsp3) is 0.333. The van der Waals surface area contributed by atoms with Crippen molar-refractivity contribution in [1.82, 2.24) is 19.5 Å². The van der Waals surface area contributed by atoms with Crippen molar-refractivity contribution in [1.29, 1.82) is 0 Å². The first-order chi connectivity index (χ1) is 13.1. The van der Waals surface area contributed by atoms with E-state index in [-0.39, 0.29) is 11.7 Å². The van der Waals surface area contributed by atoms with Crippen LogP contribution in [0.2, 0.25) is 0 Å². The maximum absolute atomic E-state index is 14.5. The molecule has 0 spiro atoms. The molecule has 0 saturated carbocycles. The minimum Gasteiger partial charge on any atom is -0.387 e. The topological polar surface area (TPSA) is 102 Å². The Morgan fingerprint density at radius 2 is 2.07 bits per heavy atom. The molecule has 9 heteroatoms. The smallest absolute Gasteiger partial charge is 0.256 e. The third-order valence-electron chi connectivity index (χ3n) is 4.60. The quantitative estimate of drug-likeness (QED) is 0.728. The summed E-state index contributed by atoms with van der Waals surface area (Å²) in [7, 11) is 0. The van der Waals surface area contributed by atoms with E-state index in [0.717, 1.165) is 0 Å². The van der Waals surface area contributed by atoms with Gasteiger partial charge in [-0.3, -0.25) is 9.36 Å². The van der Waals surface area contributed by atoms with Crippen molar-refractivity contribution >= 4 is 22.9 Å². The Balaban J connectivity index is 1.65. The summed E-state index contributed by atoms with van der Waals surface area (Å²) in [4.78, 5) is 24.8. The van der Waals surface area contributed by atoms with Crippen LogP contribution in [0.25, 0.3) is 11.2 Å². The lowest BCUT2D eigenvalue weighted by molar-refractivity contribution is -0.0238. The predicted octanol–water partition coefficient (Wildman–Crippen LogP) is 2.09. The average molecular weight is 371 g/mol. The highest BCUT2D eigenvalue weighted by molar-refractivity contribution is 6.06. The normalized spacial score (nSPS) is 25.0. The van der Waals surface area contributed by atoms with Gasteiger partial charge < -0.3 is 15.2 Å². The number of amides is 1. The average Bonchev–Trinajstić information content (AvgIpc) is 3.25. The van der Waals surface area contributed by atoms with Gasteiger partial charge in [-0.2, -0.15) is 0 Å². The van der Waals surface area contributed by atoms with Crippen molar-refractivity contribution in [3.63, 3.8) is 0 Å². The molecule has 3 aromatic rings. The second-order valence-corrected chi connectivity index (χ2v) is 6.27. The van der Waals surface area contributed by atoms with Crippen molar-refractivity contribution in [3.05, 3.63) is 48.5 Å². The first kappa shape index (κ1) is 17.5. The predicted molar refractivity (Wildman–Crippen MR) is 94.8 cm³/mol. The number of fused-ring (bicyclic) bond motifs is 1. The summed E-state index contributed by atoms with van der Waals surface area (Å²) < 4.78 is 21.5. The minimum absolute atomic E-state index is 0.216. The Labute approximate surface area is 154 Å². The van der Waals surface area contributed by atoms with E-state index in [1.54, 1.807) is 24.3 Å². The summed E-state index contributed by atoms with van der Waals surface area (Å²) >= 11 is 0. The van der Waals surface area contributed by atoms with E-state index in [1.807, 2.05) is 13.0 Å². The highest BCUT2D eigenvalue weighted by Crippen LogP contribution is 2.35. The number of hydrogen-bond acceptors (Lipinski definition) is 6. The number of hydrogen-bond donors (Lipinski definition) is 2. The number of aromatic nitrogens is 4. The van der Waals surface area contributed by atoms with Gasteiger partial charge in [-0.05, 0) is 18.6 Å². The molecule has 1 aliphatic rings. The summed E-state index contributed by atoms with van der Waals surface area (Å²) in [5.41, 5.74) is 1.09. The molecule has 4 atom stereocenters. The van der Waals surface area contributed by atoms with E-state index in [4.69, 9.17) is 4.74 Å². The van der Waals surface area contributed by atoms with Crippen LogP contribution in [0.5, 0.6) is 0 Å². The third-order valence-corrected chi connectivity index (χ3v) is 4.60. The summed E-state index contributed by atoms with van der Waals surface area (Å²) in [5, 5.41) is 12.7. The lowest BCUT2D eigenvalue weighted by Crippen LogP contribution is -2.27. The molecule has 140 valence electrons. The van der Waals surface area contributed by atoms with E-state index in [9.17, 15) is 14.3 Å². The molecule has 1 amide bonds. The Hall–Kier alpha value is -2.91. The number of alkyl halides is 1. The number of rotatable bonds is 4. The van der Waals surface area contributed by atoms with Crippen molar-refractivity contribution in [2.45, 2.75) is 38.0 Å². The van der Waals surface area contributed by atoms with E-state index >= 15 is 0 Å². The van der Waals surface area contributed by atoms with E-state index in [1.165, 1.54) is 17.2 Å². The van der Waals surface area contributed by atoms with Crippen LogP contribution in [0, 0.1) is 0 Å². The lowest BCUT2D eigenvalue weighted by Gasteiger charge is -2.15. The van der Waals surface area contributed by atoms with Gasteiger partial charge in [-0.25, -0.2) is 19.3 Å². The van der Waals surface area contributed by atoms with Gasteiger partial charge in [0.05, 0.1) is 12.4 Å². The van der Waals surface area contributed by atoms with Gasteiger partial charge in [0, 0.05) is 5.56 Å². The van der Waals surface area contributed by atoms with Gasteiger partial charge in [0.25, 0.3) is 5.91 Å². The summed E-state index contributed by atoms with van der Waals surface area (Å²) in [5.74, 6) is -0.124. The van der Waals surface area contributed by atoms with Crippen molar-refractivity contribution in [2.24, 2.45) is 0 Å². The van der Waals surface area contributed by atoms with Gasteiger partial charge >= 0.3 is 0 Å². The summed E-state index contributed by atoms with van der Waals surface area (Å²) in [6.07, 6.45) is -1.33. The number of ether oxygens (including phenoxy) is 1. The van der Waals surface area contributed by atoms with E-state index in [2.05, 4.69) is 20.3 Å². The highest BCUT2D eigenvalue weighted by atomic mass is 19.1. The molecule has 2 N–H and O–H groups in total. The molecule has 27 heavy (non-hydrogen) atoms. The number of anilines is 1. The maximum Gasteiger partial charge on any atom is 0.256 e. The number of aliphatic hydroxyl groups excluding tert-OH is 1. The minimum atomic E-state index is -1.61. The van der Waals surface area contributed by atoms with Crippen LogP contribution in [0.15, 0.2) is 43.0 Å². The number of carbonyl (C=O) groups is 1. The molecule has 0 radical (unpaired) electrons. The molecule has 0 unspecified atom stereocenters. The van der Waals surface area contributed by atoms with Crippen molar-refractivity contribution in [2.75, 3.05) is 5.32 Å². The van der Waals surface area contributed by atoms with Crippen LogP contribution in [-0.4, -0.2) is 48.9 Å². The summed E-state index contributed by atoms with van der Waals surface area (Å²) in [6, 6.07) is 8.69. The number of aliphatic hydroxyl groups is 1. The maximum atomic E-state index is 14.5. The zero-order valence-electron chi connectivity index (χ0n) is 14.5. The van der Waals surface area contributed by atoms with Crippen molar-refractivity contribution in [3.8, 4) is 0 Å². The molecule has 3 heterocycles. The Morgan fingerprint density at radius 3 is 2.78 bits per heavy atom. The monoisotopic (exact) mass is 371 g/mol.